The number of nitrogens with one attached hydrogen (secondary N) is 1. The van der Waals surface area contributed by atoms with Gasteiger partial charge >= 0.3 is 6.18 Å². The van der Waals surface area contributed by atoms with Gasteiger partial charge in [-0.2, -0.15) is 28.1 Å². The highest BCUT2D eigenvalue weighted by Gasteiger charge is 2.35. The highest BCUT2D eigenvalue weighted by Crippen LogP contribution is 2.26. The molecule has 1 unspecified atom stereocenters. The Labute approximate surface area is 102 Å². The van der Waals surface area contributed by atoms with E-state index in [-0.39, 0.29) is 12.0 Å². The molecule has 5 nitrogen and oxygen atoms in total. The van der Waals surface area contributed by atoms with Crippen LogP contribution in [0.3, 0.4) is 0 Å². The second-order valence-corrected chi connectivity index (χ2v) is 3.50. The van der Waals surface area contributed by atoms with Crippen LogP contribution in [0.2, 0.25) is 0 Å². The third-order valence-corrected chi connectivity index (χ3v) is 2.10. The molecule has 98 valence electrons. The van der Waals surface area contributed by atoms with E-state index < -0.39 is 17.9 Å². The van der Waals surface area contributed by atoms with Crippen molar-refractivity contribution in [3.63, 3.8) is 0 Å². The SMILES string of the molecule is C#CCC(CC)Nc1nc(N)nc(C(F)(F)F)n1. The molecule has 0 aliphatic rings. The highest BCUT2D eigenvalue weighted by molar-refractivity contribution is 5.33. The predicted octanol–water partition coefficient (Wildman–Crippen LogP) is 1.69. The van der Waals surface area contributed by atoms with E-state index >= 15 is 0 Å². The summed E-state index contributed by atoms with van der Waals surface area (Å²) in [6, 6.07) is -0.210. The summed E-state index contributed by atoms with van der Waals surface area (Å²) < 4.78 is 37.3. The zero-order chi connectivity index (χ0) is 13.8. The first-order valence-electron chi connectivity index (χ1n) is 5.15. The Morgan fingerprint density at radius 3 is 2.56 bits per heavy atom. The van der Waals surface area contributed by atoms with Gasteiger partial charge in [0, 0.05) is 12.5 Å². The number of nitrogens with two attached hydrogens (primary N) is 1. The van der Waals surface area contributed by atoms with Gasteiger partial charge in [0.15, 0.2) is 0 Å². The Morgan fingerprint density at radius 2 is 2.06 bits per heavy atom. The van der Waals surface area contributed by atoms with Gasteiger partial charge in [0.2, 0.25) is 17.7 Å². The van der Waals surface area contributed by atoms with Crippen molar-refractivity contribution in [2.45, 2.75) is 32.0 Å². The van der Waals surface area contributed by atoms with Gasteiger partial charge in [0.05, 0.1) is 0 Å². The van der Waals surface area contributed by atoms with Crippen molar-refractivity contribution in [1.29, 1.82) is 0 Å². The molecule has 1 heterocycles. The van der Waals surface area contributed by atoms with E-state index in [1.807, 2.05) is 6.92 Å². The van der Waals surface area contributed by atoms with E-state index in [0.29, 0.717) is 12.8 Å². The minimum Gasteiger partial charge on any atom is -0.368 e. The van der Waals surface area contributed by atoms with Crippen LogP contribution in [0, 0.1) is 12.3 Å². The van der Waals surface area contributed by atoms with Crippen LogP contribution in [-0.2, 0) is 6.18 Å². The molecule has 0 amide bonds. The van der Waals surface area contributed by atoms with E-state index in [9.17, 15) is 13.2 Å². The largest absolute Gasteiger partial charge is 0.451 e. The molecule has 1 aromatic heterocycles. The van der Waals surface area contributed by atoms with Crippen LogP contribution >= 0.6 is 0 Å². The Balaban J connectivity index is 2.97. The molecule has 0 aliphatic heterocycles. The molecule has 0 saturated heterocycles. The van der Waals surface area contributed by atoms with Crippen LogP contribution in [0.5, 0.6) is 0 Å². The van der Waals surface area contributed by atoms with Crippen molar-refractivity contribution in [1.82, 2.24) is 15.0 Å². The number of hydrogen-bond donors (Lipinski definition) is 2. The van der Waals surface area contributed by atoms with E-state index in [1.165, 1.54) is 0 Å². The maximum atomic E-state index is 12.4. The third kappa shape index (κ3) is 3.76. The van der Waals surface area contributed by atoms with Crippen LogP contribution in [0.4, 0.5) is 25.1 Å². The van der Waals surface area contributed by atoms with Crippen LogP contribution < -0.4 is 11.1 Å². The normalized spacial score (nSPS) is 12.8. The van der Waals surface area contributed by atoms with Gasteiger partial charge in [-0.3, -0.25) is 0 Å². The molecule has 0 radical (unpaired) electrons. The van der Waals surface area contributed by atoms with Gasteiger partial charge in [0.25, 0.3) is 0 Å². The zero-order valence-corrected chi connectivity index (χ0v) is 9.62. The Morgan fingerprint density at radius 1 is 1.39 bits per heavy atom. The molecule has 18 heavy (non-hydrogen) atoms. The first kappa shape index (κ1) is 14.0. The lowest BCUT2D eigenvalue weighted by Gasteiger charge is -2.15. The molecule has 0 saturated carbocycles. The monoisotopic (exact) mass is 259 g/mol. The summed E-state index contributed by atoms with van der Waals surface area (Å²) >= 11 is 0. The summed E-state index contributed by atoms with van der Waals surface area (Å²) in [5.74, 6) is 0.370. The quantitative estimate of drug-likeness (QED) is 0.804. The standard InChI is InChI=1S/C10H12F3N5/c1-3-5-6(4-2)15-9-17-7(10(11,12)13)16-8(14)18-9/h1,6H,4-5H2,2H3,(H3,14,15,16,17,18). The number of alkyl halides is 3. The smallest absolute Gasteiger partial charge is 0.368 e. The van der Waals surface area contributed by atoms with Crippen molar-refractivity contribution >= 4 is 11.9 Å². The molecule has 0 aromatic carbocycles. The summed E-state index contributed by atoms with van der Waals surface area (Å²) in [4.78, 5) is 9.90. The number of nitrogens with zero attached hydrogens (tertiary/aromatic N) is 3. The first-order chi connectivity index (χ1) is 8.36. The molecule has 1 rings (SSSR count). The lowest BCUT2D eigenvalue weighted by molar-refractivity contribution is -0.144. The van der Waals surface area contributed by atoms with Crippen molar-refractivity contribution in [2.24, 2.45) is 0 Å². The average Bonchev–Trinajstić information content (AvgIpc) is 2.26. The van der Waals surface area contributed by atoms with Crippen molar-refractivity contribution in [3.05, 3.63) is 5.82 Å². The van der Waals surface area contributed by atoms with Crippen LogP contribution in [-0.4, -0.2) is 21.0 Å². The fourth-order valence-corrected chi connectivity index (χ4v) is 1.21. The molecular formula is C10H12F3N5. The maximum Gasteiger partial charge on any atom is 0.451 e. The number of aromatic nitrogens is 3. The van der Waals surface area contributed by atoms with E-state index in [0.717, 1.165) is 0 Å². The van der Waals surface area contributed by atoms with Gasteiger partial charge in [-0.25, -0.2) is 0 Å². The minimum absolute atomic E-state index is 0.210. The Kier molecular flexibility index (Phi) is 4.31. The predicted molar refractivity (Wildman–Crippen MR) is 60.4 cm³/mol. The zero-order valence-electron chi connectivity index (χ0n) is 9.62. The summed E-state index contributed by atoms with van der Waals surface area (Å²) in [7, 11) is 0. The topological polar surface area (TPSA) is 76.7 Å². The first-order valence-corrected chi connectivity index (χ1v) is 5.15. The van der Waals surface area contributed by atoms with Crippen molar-refractivity contribution in [2.75, 3.05) is 11.1 Å². The van der Waals surface area contributed by atoms with Gasteiger partial charge < -0.3 is 11.1 Å². The summed E-state index contributed by atoms with van der Waals surface area (Å²) in [5, 5.41) is 2.70. The average molecular weight is 259 g/mol. The molecule has 0 aliphatic carbocycles. The van der Waals surface area contributed by atoms with Crippen LogP contribution in [0.25, 0.3) is 0 Å². The third-order valence-electron chi connectivity index (χ3n) is 2.10. The summed E-state index contributed by atoms with van der Waals surface area (Å²) in [6.07, 6.45) is 1.45. The maximum absolute atomic E-state index is 12.4. The van der Waals surface area contributed by atoms with Crippen LogP contribution in [0.15, 0.2) is 0 Å². The number of hydrogen-bond acceptors (Lipinski definition) is 5. The second kappa shape index (κ2) is 5.53. The van der Waals surface area contributed by atoms with Gasteiger partial charge in [0.1, 0.15) is 0 Å². The molecule has 1 atom stereocenters. The molecule has 1 aromatic rings. The number of rotatable bonds is 4. The minimum atomic E-state index is -4.67. The molecule has 0 bridgehead atoms. The summed E-state index contributed by atoms with van der Waals surface area (Å²) in [6.45, 7) is 1.84. The highest BCUT2D eigenvalue weighted by atomic mass is 19.4. The molecule has 0 spiro atoms. The number of terminal acetylenes is 1. The second-order valence-electron chi connectivity index (χ2n) is 3.50. The number of halogens is 3. The van der Waals surface area contributed by atoms with E-state index in [4.69, 9.17) is 12.2 Å². The Bertz CT molecular complexity index is 452. The van der Waals surface area contributed by atoms with Crippen molar-refractivity contribution in [3.8, 4) is 12.3 Å². The fourth-order valence-electron chi connectivity index (χ4n) is 1.21. The van der Waals surface area contributed by atoms with E-state index in [2.05, 4.69) is 26.2 Å². The fraction of sp³-hybridized carbons (Fsp3) is 0.500. The van der Waals surface area contributed by atoms with E-state index in [1.54, 1.807) is 0 Å². The lowest BCUT2D eigenvalue weighted by atomic mass is 10.2. The van der Waals surface area contributed by atoms with Gasteiger partial charge in [-0.1, -0.05) is 6.92 Å². The molecule has 3 N–H and O–H groups in total. The molecule has 8 heteroatoms. The van der Waals surface area contributed by atoms with Crippen molar-refractivity contribution < 1.29 is 13.2 Å². The lowest BCUT2D eigenvalue weighted by Crippen LogP contribution is -2.22. The van der Waals surface area contributed by atoms with Crippen LogP contribution in [0.1, 0.15) is 25.6 Å². The number of nitrogen functional groups attached to an aromatic ring is 1. The Hall–Kier alpha value is -2.04. The molecule has 0 fully saturated rings. The summed E-state index contributed by atoms with van der Waals surface area (Å²) in [5.41, 5.74) is 5.20. The number of anilines is 2. The molecular weight excluding hydrogens is 247 g/mol. The van der Waals surface area contributed by atoms with Gasteiger partial charge in [-0.05, 0) is 6.42 Å². The van der Waals surface area contributed by atoms with Gasteiger partial charge in [-0.15, -0.1) is 12.3 Å².